The smallest absolute Gasteiger partial charge is 0.249 e. The summed E-state index contributed by atoms with van der Waals surface area (Å²) in [5, 5.41) is 0.443. The van der Waals surface area contributed by atoms with Crippen molar-refractivity contribution in [2.24, 2.45) is 16.6 Å². The number of hydrogen-bond acceptors (Lipinski definition) is 7. The number of benzene rings is 1. The van der Waals surface area contributed by atoms with Crippen LogP contribution in [0, 0.1) is 11.7 Å². The van der Waals surface area contributed by atoms with E-state index in [4.69, 9.17) is 20.3 Å². The van der Waals surface area contributed by atoms with Crippen molar-refractivity contribution in [2.75, 3.05) is 31.2 Å². The molecule has 10 heteroatoms. The van der Waals surface area contributed by atoms with Crippen molar-refractivity contribution in [1.29, 1.82) is 0 Å². The average Bonchev–Trinajstić information content (AvgIpc) is 3.39. The number of carbonyl (C=O) groups excluding carboxylic acids is 1. The molecule has 1 aliphatic carbocycles. The molecule has 2 aliphatic heterocycles. The van der Waals surface area contributed by atoms with Crippen LogP contribution in [0.2, 0.25) is 0 Å². The molecule has 31 heavy (non-hydrogen) atoms. The van der Waals surface area contributed by atoms with Crippen LogP contribution in [-0.4, -0.2) is 48.0 Å². The highest BCUT2D eigenvalue weighted by Crippen LogP contribution is 2.49. The normalized spacial score (nSPS) is 23.6. The summed E-state index contributed by atoms with van der Waals surface area (Å²) in [7, 11) is 0. The Hall–Kier alpha value is -3.24. The number of anilines is 1. The van der Waals surface area contributed by atoms with Crippen LogP contribution in [0.5, 0.6) is 0 Å². The van der Waals surface area contributed by atoms with Gasteiger partial charge in [-0.3, -0.25) is 9.20 Å². The minimum atomic E-state index is -0.835. The number of hydroxylamine groups is 1. The number of primary amides is 1. The van der Waals surface area contributed by atoms with Gasteiger partial charge in [0.2, 0.25) is 11.9 Å². The number of imidazole rings is 1. The van der Waals surface area contributed by atoms with Gasteiger partial charge in [0.05, 0.1) is 29.8 Å². The average molecular weight is 424 g/mol. The molecule has 6 rings (SSSR count). The van der Waals surface area contributed by atoms with E-state index in [1.807, 2.05) is 4.40 Å². The zero-order valence-electron chi connectivity index (χ0n) is 16.7. The summed E-state index contributed by atoms with van der Waals surface area (Å²) in [6.45, 7) is 2.51. The molecule has 4 heterocycles. The summed E-state index contributed by atoms with van der Waals surface area (Å²) in [6, 6.07) is 6.06. The Morgan fingerprint density at radius 2 is 2.03 bits per heavy atom. The number of aliphatic imine (C=N–C) groups is 1. The van der Waals surface area contributed by atoms with Gasteiger partial charge in [-0.2, -0.15) is 0 Å². The van der Waals surface area contributed by atoms with E-state index in [9.17, 15) is 9.18 Å². The largest absolute Gasteiger partial charge is 0.394 e. The highest BCUT2D eigenvalue weighted by Gasteiger charge is 2.52. The molecule has 3 N–H and O–H groups in total. The zero-order chi connectivity index (χ0) is 21.2. The van der Waals surface area contributed by atoms with E-state index in [0.717, 1.165) is 12.8 Å². The first kappa shape index (κ1) is 18.5. The SMILES string of the molecule is NC(=O)c1cc2c(C3(C4CC4)N=CON3)nc(N3CCOCC3)n2c2ccc(F)cc12. The molecular formula is C21H21FN6O3. The van der Waals surface area contributed by atoms with E-state index in [-0.39, 0.29) is 11.5 Å². The number of pyridine rings is 1. The van der Waals surface area contributed by atoms with Gasteiger partial charge in [-0.05, 0) is 37.1 Å². The van der Waals surface area contributed by atoms with Crippen LogP contribution in [0.3, 0.4) is 0 Å². The van der Waals surface area contributed by atoms with Crippen molar-refractivity contribution in [3.05, 3.63) is 41.3 Å². The molecule has 3 aliphatic rings. The van der Waals surface area contributed by atoms with Crippen LogP contribution in [0.4, 0.5) is 10.3 Å². The van der Waals surface area contributed by atoms with Crippen LogP contribution < -0.4 is 16.1 Å². The zero-order valence-corrected chi connectivity index (χ0v) is 16.7. The summed E-state index contributed by atoms with van der Waals surface area (Å²) in [6.07, 6.45) is 3.37. The number of morpholine rings is 1. The van der Waals surface area contributed by atoms with Crippen LogP contribution >= 0.6 is 0 Å². The summed E-state index contributed by atoms with van der Waals surface area (Å²) in [4.78, 5) is 29.4. The quantitative estimate of drug-likeness (QED) is 0.660. The van der Waals surface area contributed by atoms with Gasteiger partial charge in [-0.25, -0.2) is 14.4 Å². The third kappa shape index (κ3) is 2.71. The molecule has 160 valence electrons. The number of nitrogens with two attached hydrogens (primary N) is 1. The van der Waals surface area contributed by atoms with Crippen molar-refractivity contribution >= 4 is 34.7 Å². The lowest BCUT2D eigenvalue weighted by Gasteiger charge is -2.27. The van der Waals surface area contributed by atoms with Crippen molar-refractivity contribution < 1.29 is 18.8 Å². The van der Waals surface area contributed by atoms with Gasteiger partial charge >= 0.3 is 0 Å². The number of hydrogen-bond donors (Lipinski definition) is 2. The fourth-order valence-corrected chi connectivity index (χ4v) is 4.63. The number of ether oxygens (including phenoxy) is 1. The Labute approximate surface area is 176 Å². The van der Waals surface area contributed by atoms with Gasteiger partial charge in [-0.1, -0.05) is 0 Å². The van der Waals surface area contributed by atoms with Crippen molar-refractivity contribution in [2.45, 2.75) is 18.5 Å². The molecular weight excluding hydrogens is 403 g/mol. The number of amides is 1. The lowest BCUT2D eigenvalue weighted by atomic mass is 9.99. The highest BCUT2D eigenvalue weighted by molar-refractivity contribution is 6.07. The Bertz CT molecular complexity index is 1250. The first-order chi connectivity index (χ1) is 15.1. The van der Waals surface area contributed by atoms with E-state index in [1.54, 1.807) is 12.1 Å². The topological polar surface area (TPSA) is 106 Å². The van der Waals surface area contributed by atoms with E-state index < -0.39 is 17.4 Å². The van der Waals surface area contributed by atoms with Gasteiger partial charge < -0.3 is 20.2 Å². The lowest BCUT2D eigenvalue weighted by molar-refractivity contribution is 0.100. The van der Waals surface area contributed by atoms with E-state index in [0.29, 0.717) is 54.4 Å². The molecule has 1 unspecified atom stereocenters. The summed E-state index contributed by atoms with van der Waals surface area (Å²) >= 11 is 0. The molecule has 0 spiro atoms. The predicted molar refractivity (Wildman–Crippen MR) is 111 cm³/mol. The first-order valence-corrected chi connectivity index (χ1v) is 10.3. The maximum absolute atomic E-state index is 14.1. The second-order valence-electron chi connectivity index (χ2n) is 8.16. The number of rotatable bonds is 4. The van der Waals surface area contributed by atoms with Crippen LogP contribution in [0.1, 0.15) is 28.9 Å². The van der Waals surface area contributed by atoms with E-state index in [2.05, 4.69) is 15.4 Å². The molecule has 3 aromatic rings. The third-order valence-electron chi connectivity index (χ3n) is 6.28. The highest BCUT2D eigenvalue weighted by atomic mass is 19.1. The number of halogens is 1. The third-order valence-corrected chi connectivity index (χ3v) is 6.28. The van der Waals surface area contributed by atoms with Crippen LogP contribution in [0.15, 0.2) is 29.3 Å². The molecule has 1 saturated carbocycles. The van der Waals surface area contributed by atoms with E-state index >= 15 is 0 Å². The van der Waals surface area contributed by atoms with Crippen molar-refractivity contribution in [1.82, 2.24) is 14.9 Å². The first-order valence-electron chi connectivity index (χ1n) is 10.3. The molecule has 2 fully saturated rings. The Balaban J connectivity index is 1.71. The summed E-state index contributed by atoms with van der Waals surface area (Å²) < 4.78 is 21.6. The van der Waals surface area contributed by atoms with Gasteiger partial charge in [0, 0.05) is 24.4 Å². The maximum atomic E-state index is 14.1. The summed E-state index contributed by atoms with van der Waals surface area (Å²) in [5.41, 5.74) is 10.2. The minimum Gasteiger partial charge on any atom is -0.394 e. The Kier molecular flexibility index (Phi) is 3.96. The standard InChI is InChI=1S/C21H21FN6O3/c22-13-3-4-16-14(9-13)15(19(23)29)10-17-18(21(12-1-2-12)24-11-31-26-21)25-20(28(16)17)27-5-7-30-8-6-27/h3-4,9-12,26H,1-2,5-8H2,(H2,23,29). The molecule has 1 aromatic carbocycles. The minimum absolute atomic E-state index is 0.225. The Morgan fingerprint density at radius 3 is 2.71 bits per heavy atom. The van der Waals surface area contributed by atoms with Crippen molar-refractivity contribution in [3.8, 4) is 0 Å². The van der Waals surface area contributed by atoms with Crippen LogP contribution in [-0.2, 0) is 15.2 Å². The second kappa shape index (κ2) is 6.63. The fourth-order valence-electron chi connectivity index (χ4n) is 4.63. The molecule has 1 atom stereocenters. The van der Waals surface area contributed by atoms with Gasteiger partial charge in [0.1, 0.15) is 11.5 Å². The number of carbonyl (C=O) groups is 1. The second-order valence-corrected chi connectivity index (χ2v) is 8.16. The number of nitrogens with one attached hydrogen (secondary N) is 1. The molecule has 0 radical (unpaired) electrons. The molecule has 2 aromatic heterocycles. The molecule has 1 amide bonds. The summed E-state index contributed by atoms with van der Waals surface area (Å²) in [5.74, 6) is -0.140. The van der Waals surface area contributed by atoms with Crippen LogP contribution in [0.25, 0.3) is 16.4 Å². The number of aromatic nitrogens is 2. The lowest BCUT2D eigenvalue weighted by Crippen LogP contribution is -2.39. The monoisotopic (exact) mass is 424 g/mol. The molecule has 1 saturated heterocycles. The predicted octanol–water partition coefficient (Wildman–Crippen LogP) is 1.69. The van der Waals surface area contributed by atoms with Gasteiger partial charge in [0.25, 0.3) is 0 Å². The maximum Gasteiger partial charge on any atom is 0.249 e. The molecule has 0 bridgehead atoms. The Morgan fingerprint density at radius 1 is 1.23 bits per heavy atom. The fraction of sp³-hybridized carbons (Fsp3) is 0.381. The van der Waals surface area contributed by atoms with Crippen molar-refractivity contribution in [3.63, 3.8) is 0 Å². The van der Waals surface area contributed by atoms with Gasteiger partial charge in [0.15, 0.2) is 12.1 Å². The number of nitrogens with zero attached hydrogens (tertiary/aromatic N) is 4. The van der Waals surface area contributed by atoms with Gasteiger partial charge in [-0.15, -0.1) is 5.48 Å². The molecule has 9 nitrogen and oxygen atoms in total. The van der Waals surface area contributed by atoms with E-state index in [1.165, 1.54) is 18.5 Å². The number of fused-ring (bicyclic) bond motifs is 3.